The van der Waals surface area contributed by atoms with E-state index in [2.05, 4.69) is 38.8 Å². The van der Waals surface area contributed by atoms with Gasteiger partial charge in [-0.15, -0.1) is 0 Å². The van der Waals surface area contributed by atoms with Gasteiger partial charge in [0.1, 0.15) is 17.5 Å². The SMILES string of the molecule is CCN(CC)c1cc(Nc2ccc(NS(=O)(=O)c3ccc(C)c(Cl)c3)cc2)nc(C)n1. The largest absolute Gasteiger partial charge is 0.357 e. The molecule has 2 aromatic carbocycles. The Labute approximate surface area is 188 Å². The second-order valence-corrected chi connectivity index (χ2v) is 9.14. The maximum Gasteiger partial charge on any atom is 0.261 e. The minimum atomic E-state index is -3.73. The Kier molecular flexibility index (Phi) is 7.02. The molecule has 1 aromatic heterocycles. The zero-order chi connectivity index (χ0) is 22.6. The Hall–Kier alpha value is -2.84. The van der Waals surface area contributed by atoms with Crippen molar-refractivity contribution in [2.24, 2.45) is 0 Å². The maximum atomic E-state index is 12.6. The molecule has 0 saturated carbocycles. The summed E-state index contributed by atoms with van der Waals surface area (Å²) in [6.45, 7) is 9.55. The fraction of sp³-hybridized carbons (Fsp3) is 0.273. The first-order chi connectivity index (χ1) is 14.7. The lowest BCUT2D eigenvalue weighted by Gasteiger charge is -2.20. The van der Waals surface area contributed by atoms with E-state index >= 15 is 0 Å². The van der Waals surface area contributed by atoms with E-state index in [9.17, 15) is 8.42 Å². The number of rotatable bonds is 8. The third-order valence-corrected chi connectivity index (χ3v) is 6.56. The maximum absolute atomic E-state index is 12.6. The molecule has 31 heavy (non-hydrogen) atoms. The van der Waals surface area contributed by atoms with Crippen LogP contribution in [0.1, 0.15) is 25.2 Å². The molecule has 0 radical (unpaired) electrons. The second kappa shape index (κ2) is 9.53. The van der Waals surface area contributed by atoms with Crippen LogP contribution in [0.15, 0.2) is 53.4 Å². The second-order valence-electron chi connectivity index (χ2n) is 7.05. The van der Waals surface area contributed by atoms with Crippen molar-refractivity contribution in [2.75, 3.05) is 28.0 Å². The molecule has 7 nitrogen and oxygen atoms in total. The number of hydrogen-bond donors (Lipinski definition) is 2. The van der Waals surface area contributed by atoms with Crippen LogP contribution in [0.25, 0.3) is 0 Å². The third kappa shape index (κ3) is 5.65. The number of benzene rings is 2. The van der Waals surface area contributed by atoms with Crippen molar-refractivity contribution in [3.8, 4) is 0 Å². The Bertz CT molecular complexity index is 1160. The van der Waals surface area contributed by atoms with Crippen molar-refractivity contribution < 1.29 is 8.42 Å². The molecule has 3 aromatic rings. The first-order valence-electron chi connectivity index (χ1n) is 9.98. The van der Waals surface area contributed by atoms with Gasteiger partial charge in [0.05, 0.1) is 4.90 Å². The molecule has 2 N–H and O–H groups in total. The van der Waals surface area contributed by atoms with Gasteiger partial charge in [0.25, 0.3) is 10.0 Å². The van der Waals surface area contributed by atoms with E-state index in [0.29, 0.717) is 22.4 Å². The molecule has 1 heterocycles. The molecular formula is C22H26ClN5O2S. The van der Waals surface area contributed by atoms with Gasteiger partial charge in [-0.2, -0.15) is 0 Å². The summed E-state index contributed by atoms with van der Waals surface area (Å²) >= 11 is 6.07. The van der Waals surface area contributed by atoms with E-state index in [1.165, 1.54) is 12.1 Å². The summed E-state index contributed by atoms with van der Waals surface area (Å²) in [7, 11) is -3.73. The molecule has 0 amide bonds. The van der Waals surface area contributed by atoms with Gasteiger partial charge in [0.15, 0.2) is 0 Å². The van der Waals surface area contributed by atoms with Gasteiger partial charge < -0.3 is 10.2 Å². The van der Waals surface area contributed by atoms with Crippen molar-refractivity contribution in [1.82, 2.24) is 9.97 Å². The van der Waals surface area contributed by atoms with E-state index in [1.54, 1.807) is 30.3 Å². The van der Waals surface area contributed by atoms with E-state index in [4.69, 9.17) is 11.6 Å². The molecule has 9 heteroatoms. The minimum absolute atomic E-state index is 0.116. The number of hydrogen-bond acceptors (Lipinski definition) is 6. The molecular weight excluding hydrogens is 434 g/mol. The van der Waals surface area contributed by atoms with Gasteiger partial charge in [-0.05, 0) is 69.7 Å². The lowest BCUT2D eigenvalue weighted by atomic mass is 10.2. The topological polar surface area (TPSA) is 87.2 Å². The Morgan fingerprint density at radius 3 is 2.19 bits per heavy atom. The third-order valence-electron chi connectivity index (χ3n) is 4.77. The average molecular weight is 460 g/mol. The smallest absolute Gasteiger partial charge is 0.261 e. The molecule has 0 saturated heterocycles. The first kappa shape index (κ1) is 22.8. The first-order valence-corrected chi connectivity index (χ1v) is 11.8. The Morgan fingerprint density at radius 2 is 1.58 bits per heavy atom. The van der Waals surface area contributed by atoms with Gasteiger partial charge in [0.2, 0.25) is 0 Å². The van der Waals surface area contributed by atoms with Crippen molar-refractivity contribution in [3.05, 3.63) is 64.9 Å². The van der Waals surface area contributed by atoms with Crippen molar-refractivity contribution >= 4 is 44.6 Å². The van der Waals surface area contributed by atoms with Crippen molar-refractivity contribution in [2.45, 2.75) is 32.6 Å². The van der Waals surface area contributed by atoms with Crippen LogP contribution < -0.4 is 14.9 Å². The summed E-state index contributed by atoms with van der Waals surface area (Å²) in [5, 5.41) is 3.66. The van der Waals surface area contributed by atoms with Gasteiger partial charge in [-0.3, -0.25) is 4.72 Å². The highest BCUT2D eigenvalue weighted by Crippen LogP contribution is 2.24. The summed E-state index contributed by atoms with van der Waals surface area (Å²) in [5.74, 6) is 2.21. The lowest BCUT2D eigenvalue weighted by molar-refractivity contribution is 0.601. The minimum Gasteiger partial charge on any atom is -0.357 e. The number of anilines is 4. The van der Waals surface area contributed by atoms with E-state index in [-0.39, 0.29) is 4.90 Å². The number of halogens is 1. The van der Waals surface area contributed by atoms with E-state index < -0.39 is 10.0 Å². The molecule has 0 fully saturated rings. The summed E-state index contributed by atoms with van der Waals surface area (Å²) in [4.78, 5) is 11.2. The standard InChI is InChI=1S/C22H26ClN5O2S/c1-5-28(6-2)22-14-21(24-16(4)25-22)26-17-8-10-18(11-9-17)27-31(29,30)19-12-7-15(3)20(23)13-19/h7-14,27H,5-6H2,1-4H3,(H,24,25,26). The zero-order valence-electron chi connectivity index (χ0n) is 18.0. The van der Waals surface area contributed by atoms with E-state index in [0.717, 1.165) is 30.2 Å². The fourth-order valence-corrected chi connectivity index (χ4v) is 4.38. The molecule has 0 aliphatic carbocycles. The number of aromatic nitrogens is 2. The molecule has 0 bridgehead atoms. The molecule has 0 atom stereocenters. The highest BCUT2D eigenvalue weighted by Gasteiger charge is 2.15. The van der Waals surface area contributed by atoms with Crippen LogP contribution in [-0.4, -0.2) is 31.5 Å². The highest BCUT2D eigenvalue weighted by molar-refractivity contribution is 7.92. The number of sulfonamides is 1. The normalized spacial score (nSPS) is 11.3. The summed E-state index contributed by atoms with van der Waals surface area (Å²) in [6.07, 6.45) is 0. The Morgan fingerprint density at radius 1 is 0.935 bits per heavy atom. The van der Waals surface area contributed by atoms with Gasteiger partial charge in [-0.1, -0.05) is 17.7 Å². The molecule has 0 unspecified atom stereocenters. The van der Waals surface area contributed by atoms with Crippen LogP contribution in [0.5, 0.6) is 0 Å². The zero-order valence-corrected chi connectivity index (χ0v) is 19.5. The van der Waals surface area contributed by atoms with Gasteiger partial charge in [-0.25, -0.2) is 18.4 Å². The fourth-order valence-electron chi connectivity index (χ4n) is 3.05. The van der Waals surface area contributed by atoms with Crippen LogP contribution in [0.3, 0.4) is 0 Å². The number of nitrogens with zero attached hydrogens (tertiary/aromatic N) is 3. The monoisotopic (exact) mass is 459 g/mol. The number of nitrogens with one attached hydrogen (secondary N) is 2. The van der Waals surface area contributed by atoms with Crippen LogP contribution >= 0.6 is 11.6 Å². The molecule has 3 rings (SSSR count). The highest BCUT2D eigenvalue weighted by atomic mass is 35.5. The molecule has 164 valence electrons. The average Bonchev–Trinajstić information content (AvgIpc) is 2.72. The Balaban J connectivity index is 1.75. The number of aryl methyl sites for hydroxylation is 2. The quantitative estimate of drug-likeness (QED) is 0.485. The van der Waals surface area contributed by atoms with Gasteiger partial charge >= 0.3 is 0 Å². The summed E-state index contributed by atoms with van der Waals surface area (Å²) < 4.78 is 27.8. The summed E-state index contributed by atoms with van der Waals surface area (Å²) in [6, 6.07) is 13.5. The summed E-state index contributed by atoms with van der Waals surface area (Å²) in [5.41, 5.74) is 2.05. The van der Waals surface area contributed by atoms with Crippen LogP contribution in [0.2, 0.25) is 5.02 Å². The van der Waals surface area contributed by atoms with Crippen molar-refractivity contribution in [3.63, 3.8) is 0 Å². The molecule has 0 spiro atoms. The predicted octanol–water partition coefficient (Wildman–Crippen LogP) is 5.14. The van der Waals surface area contributed by atoms with Crippen LogP contribution in [-0.2, 0) is 10.0 Å². The van der Waals surface area contributed by atoms with Crippen LogP contribution in [0, 0.1) is 13.8 Å². The van der Waals surface area contributed by atoms with E-state index in [1.807, 2.05) is 19.9 Å². The molecule has 0 aliphatic rings. The van der Waals surface area contributed by atoms with Gasteiger partial charge in [0, 0.05) is 35.6 Å². The van der Waals surface area contributed by atoms with Crippen LogP contribution in [0.4, 0.5) is 23.0 Å². The van der Waals surface area contributed by atoms with Crippen molar-refractivity contribution in [1.29, 1.82) is 0 Å². The lowest BCUT2D eigenvalue weighted by Crippen LogP contribution is -2.23. The molecule has 0 aliphatic heterocycles. The predicted molar refractivity (Wildman–Crippen MR) is 127 cm³/mol.